The molecule has 2 aromatic carbocycles. The molecule has 0 atom stereocenters. The van der Waals surface area contributed by atoms with Gasteiger partial charge >= 0.3 is 0 Å². The van der Waals surface area contributed by atoms with Crippen molar-refractivity contribution in [1.82, 2.24) is 0 Å². The molecule has 108 valence electrons. The van der Waals surface area contributed by atoms with Gasteiger partial charge in [-0.2, -0.15) is 10.5 Å². The molecule has 0 aliphatic heterocycles. The van der Waals surface area contributed by atoms with Crippen molar-refractivity contribution in [2.75, 3.05) is 6.61 Å². The number of nitrogens with zero attached hydrogens (tertiary/aromatic N) is 2. The van der Waals surface area contributed by atoms with Crippen LogP contribution in [-0.4, -0.2) is 6.61 Å². The number of hydrogen-bond acceptors (Lipinski definition) is 3. The van der Waals surface area contributed by atoms with Crippen molar-refractivity contribution in [3.63, 3.8) is 0 Å². The van der Waals surface area contributed by atoms with Gasteiger partial charge in [0.1, 0.15) is 5.75 Å². The van der Waals surface area contributed by atoms with Crippen LogP contribution >= 0.6 is 11.6 Å². The molecule has 2 rings (SSSR count). The largest absolute Gasteiger partial charge is 0.493 e. The van der Waals surface area contributed by atoms with Crippen LogP contribution in [0.15, 0.2) is 42.5 Å². The molecule has 0 amide bonds. The number of nitriles is 2. The summed E-state index contributed by atoms with van der Waals surface area (Å²) in [7, 11) is 0. The van der Waals surface area contributed by atoms with Crippen molar-refractivity contribution in [3.8, 4) is 17.9 Å². The number of benzene rings is 2. The fraction of sp³-hybridized carbons (Fsp3) is 0.111. The number of hydrogen-bond donors (Lipinski definition) is 0. The molecule has 2 aromatic rings. The highest BCUT2D eigenvalue weighted by molar-refractivity contribution is 6.30. The summed E-state index contributed by atoms with van der Waals surface area (Å²) >= 11 is 6.03. The number of halogens is 1. The maximum Gasteiger partial charge on any atom is 0.126 e. The van der Waals surface area contributed by atoms with E-state index in [-0.39, 0.29) is 0 Å². The first kappa shape index (κ1) is 15.6. The van der Waals surface area contributed by atoms with Gasteiger partial charge in [-0.05, 0) is 48.9 Å². The highest BCUT2D eigenvalue weighted by atomic mass is 35.5. The van der Waals surface area contributed by atoms with E-state index in [1.54, 1.807) is 48.5 Å². The van der Waals surface area contributed by atoms with Gasteiger partial charge in [-0.25, -0.2) is 0 Å². The van der Waals surface area contributed by atoms with Crippen molar-refractivity contribution in [2.45, 2.75) is 6.92 Å². The quantitative estimate of drug-likeness (QED) is 0.609. The van der Waals surface area contributed by atoms with E-state index >= 15 is 0 Å². The molecule has 0 bridgehead atoms. The first-order chi connectivity index (χ1) is 10.7. The minimum Gasteiger partial charge on any atom is -0.493 e. The average molecular weight is 309 g/mol. The van der Waals surface area contributed by atoms with Crippen molar-refractivity contribution in [1.29, 1.82) is 10.5 Å². The molecule has 0 saturated carbocycles. The normalized spacial score (nSPS) is 10.6. The predicted octanol–water partition coefficient (Wildman–Crippen LogP) is 4.67. The Kier molecular flexibility index (Phi) is 5.20. The zero-order valence-corrected chi connectivity index (χ0v) is 12.8. The Balaban J connectivity index is 2.46. The molecule has 3 nitrogen and oxygen atoms in total. The van der Waals surface area contributed by atoms with Gasteiger partial charge in [-0.1, -0.05) is 23.7 Å². The fourth-order valence-electron chi connectivity index (χ4n) is 1.98. The Morgan fingerprint density at radius 3 is 2.50 bits per heavy atom. The smallest absolute Gasteiger partial charge is 0.126 e. The zero-order chi connectivity index (χ0) is 15.9. The number of rotatable bonds is 4. The number of ether oxygens (including phenoxy) is 1. The minimum atomic E-state index is 0.479. The van der Waals surface area contributed by atoms with Gasteiger partial charge in [-0.3, -0.25) is 0 Å². The molecule has 0 aromatic heterocycles. The van der Waals surface area contributed by atoms with Crippen molar-refractivity contribution in [3.05, 3.63) is 64.2 Å². The second-order valence-electron chi connectivity index (χ2n) is 4.47. The Bertz CT molecular complexity index is 780. The van der Waals surface area contributed by atoms with Crippen LogP contribution in [0.3, 0.4) is 0 Å². The summed E-state index contributed by atoms with van der Waals surface area (Å²) < 4.78 is 5.55. The van der Waals surface area contributed by atoms with Crippen LogP contribution in [0.4, 0.5) is 0 Å². The molecule has 0 N–H and O–H groups in total. The van der Waals surface area contributed by atoms with Crippen LogP contribution in [0.2, 0.25) is 5.02 Å². The van der Waals surface area contributed by atoms with Crippen LogP contribution in [0.25, 0.3) is 11.6 Å². The molecule has 0 radical (unpaired) electrons. The third-order valence-electron chi connectivity index (χ3n) is 3.02. The van der Waals surface area contributed by atoms with E-state index in [0.717, 1.165) is 11.1 Å². The SMILES string of the molecule is CCOc1ccc(Cl)cc1C=C(C#N)c1ccc(C#N)cc1. The molecule has 0 saturated heterocycles. The minimum absolute atomic E-state index is 0.479. The third-order valence-corrected chi connectivity index (χ3v) is 3.25. The standard InChI is InChI=1S/C18H13ClN2O/c1-2-22-18-8-7-17(19)10-15(18)9-16(12-21)14-5-3-13(11-20)4-6-14/h3-10H,2H2,1H3. The van der Waals surface area contributed by atoms with E-state index in [0.29, 0.717) is 28.5 Å². The van der Waals surface area contributed by atoms with E-state index in [9.17, 15) is 5.26 Å². The molecule has 0 heterocycles. The first-order valence-electron chi connectivity index (χ1n) is 6.72. The summed E-state index contributed by atoms with van der Waals surface area (Å²) in [5, 5.41) is 18.8. The monoisotopic (exact) mass is 308 g/mol. The summed E-state index contributed by atoms with van der Waals surface area (Å²) in [6.07, 6.45) is 1.73. The van der Waals surface area contributed by atoms with E-state index in [4.69, 9.17) is 21.6 Å². The molecule has 0 fully saturated rings. The van der Waals surface area contributed by atoms with Crippen LogP contribution in [0.5, 0.6) is 5.75 Å². The molecule has 0 unspecified atom stereocenters. The van der Waals surface area contributed by atoms with Crippen molar-refractivity contribution < 1.29 is 4.74 Å². The maximum absolute atomic E-state index is 9.40. The average Bonchev–Trinajstić information content (AvgIpc) is 2.55. The van der Waals surface area contributed by atoms with Crippen LogP contribution in [-0.2, 0) is 0 Å². The van der Waals surface area contributed by atoms with Crippen molar-refractivity contribution >= 4 is 23.3 Å². The predicted molar refractivity (Wildman–Crippen MR) is 87.3 cm³/mol. The summed E-state index contributed by atoms with van der Waals surface area (Å²) in [5.41, 5.74) is 2.52. The lowest BCUT2D eigenvalue weighted by molar-refractivity contribution is 0.339. The molecular formula is C18H13ClN2O. The fourth-order valence-corrected chi connectivity index (χ4v) is 2.16. The van der Waals surface area contributed by atoms with Gasteiger partial charge < -0.3 is 4.74 Å². The maximum atomic E-state index is 9.40. The van der Waals surface area contributed by atoms with Crippen LogP contribution in [0, 0.1) is 22.7 Å². The van der Waals surface area contributed by atoms with Gasteiger partial charge in [0.2, 0.25) is 0 Å². The zero-order valence-electron chi connectivity index (χ0n) is 12.0. The summed E-state index contributed by atoms with van der Waals surface area (Å²) in [6, 6.07) is 16.4. The Labute approximate surface area is 134 Å². The highest BCUT2D eigenvalue weighted by Gasteiger charge is 2.06. The van der Waals surface area contributed by atoms with Crippen molar-refractivity contribution in [2.24, 2.45) is 0 Å². The van der Waals surface area contributed by atoms with Gasteiger partial charge in [0.15, 0.2) is 0 Å². The lowest BCUT2D eigenvalue weighted by Crippen LogP contribution is -1.94. The lowest BCUT2D eigenvalue weighted by Gasteiger charge is -2.08. The second-order valence-corrected chi connectivity index (χ2v) is 4.91. The Hall–Kier alpha value is -2.75. The Morgan fingerprint density at radius 1 is 1.18 bits per heavy atom. The Morgan fingerprint density at radius 2 is 1.91 bits per heavy atom. The molecule has 0 aliphatic rings. The van der Waals surface area contributed by atoms with Gasteiger partial charge in [0, 0.05) is 10.6 Å². The molecule has 4 heteroatoms. The lowest BCUT2D eigenvalue weighted by atomic mass is 10.0. The summed E-state index contributed by atoms with van der Waals surface area (Å²) in [4.78, 5) is 0. The van der Waals surface area contributed by atoms with E-state index in [1.807, 2.05) is 6.92 Å². The number of allylic oxidation sites excluding steroid dienone is 1. The van der Waals surface area contributed by atoms with Gasteiger partial charge in [0.25, 0.3) is 0 Å². The van der Waals surface area contributed by atoms with Gasteiger partial charge in [0.05, 0.1) is 29.9 Å². The summed E-state index contributed by atoms with van der Waals surface area (Å²) in [5.74, 6) is 0.674. The highest BCUT2D eigenvalue weighted by Crippen LogP contribution is 2.27. The second kappa shape index (κ2) is 7.31. The van der Waals surface area contributed by atoms with Gasteiger partial charge in [-0.15, -0.1) is 0 Å². The third kappa shape index (κ3) is 3.67. The van der Waals surface area contributed by atoms with E-state index in [1.165, 1.54) is 0 Å². The van der Waals surface area contributed by atoms with Crippen LogP contribution in [0.1, 0.15) is 23.6 Å². The van der Waals surface area contributed by atoms with E-state index < -0.39 is 0 Å². The summed E-state index contributed by atoms with van der Waals surface area (Å²) in [6.45, 7) is 2.43. The molecule has 0 aliphatic carbocycles. The molecule has 0 spiro atoms. The van der Waals surface area contributed by atoms with E-state index in [2.05, 4.69) is 12.1 Å². The topological polar surface area (TPSA) is 56.8 Å². The molecule has 22 heavy (non-hydrogen) atoms. The first-order valence-corrected chi connectivity index (χ1v) is 7.10. The molecular weight excluding hydrogens is 296 g/mol. The van der Waals surface area contributed by atoms with Crippen LogP contribution < -0.4 is 4.74 Å².